The molecule has 3 nitrogen and oxygen atoms in total. The first-order chi connectivity index (χ1) is 9.78. The molecule has 20 heavy (non-hydrogen) atoms. The molecule has 0 aromatic heterocycles. The van der Waals surface area contributed by atoms with Gasteiger partial charge in [0.15, 0.2) is 0 Å². The Morgan fingerprint density at radius 3 is 2.40 bits per heavy atom. The van der Waals surface area contributed by atoms with Gasteiger partial charge in [0.2, 0.25) is 5.91 Å². The molecule has 1 aromatic rings. The van der Waals surface area contributed by atoms with Gasteiger partial charge in [0.05, 0.1) is 0 Å². The average Bonchev–Trinajstić information content (AvgIpc) is 2.76. The molecular weight excluding hydrogens is 248 g/mol. The smallest absolute Gasteiger partial charge is 0.222 e. The first-order valence-electron chi connectivity index (χ1n) is 7.85. The maximum absolute atomic E-state index is 12.0. The van der Waals surface area contributed by atoms with Crippen LogP contribution in [0.1, 0.15) is 31.7 Å². The second-order valence-electron chi connectivity index (χ2n) is 6.03. The Balaban J connectivity index is 1.56. The van der Waals surface area contributed by atoms with Crippen LogP contribution in [0, 0.1) is 0 Å². The van der Waals surface area contributed by atoms with Gasteiger partial charge in [-0.05, 0) is 24.8 Å². The van der Waals surface area contributed by atoms with Gasteiger partial charge < -0.3 is 4.90 Å². The van der Waals surface area contributed by atoms with Crippen molar-refractivity contribution in [3.63, 3.8) is 0 Å². The highest BCUT2D eigenvalue weighted by atomic mass is 16.2. The highest BCUT2D eigenvalue weighted by molar-refractivity contribution is 5.77. The van der Waals surface area contributed by atoms with Crippen LogP contribution in [-0.4, -0.2) is 47.4 Å². The van der Waals surface area contributed by atoms with Gasteiger partial charge in [-0.2, -0.15) is 0 Å². The van der Waals surface area contributed by atoms with E-state index >= 15 is 0 Å². The van der Waals surface area contributed by atoms with Crippen molar-refractivity contribution in [1.29, 1.82) is 0 Å². The molecule has 2 bridgehead atoms. The van der Waals surface area contributed by atoms with Crippen molar-refractivity contribution in [2.24, 2.45) is 0 Å². The minimum Gasteiger partial charge on any atom is -0.334 e. The Labute approximate surface area is 121 Å². The summed E-state index contributed by atoms with van der Waals surface area (Å²) in [7, 11) is 0. The lowest BCUT2D eigenvalue weighted by atomic mass is 10.1. The topological polar surface area (TPSA) is 23.6 Å². The maximum atomic E-state index is 12.0. The predicted octanol–water partition coefficient (Wildman–Crippen LogP) is 2.31. The van der Waals surface area contributed by atoms with Gasteiger partial charge in [0, 0.05) is 38.1 Å². The van der Waals surface area contributed by atoms with Gasteiger partial charge in [-0.1, -0.05) is 37.3 Å². The lowest BCUT2D eigenvalue weighted by Gasteiger charge is -2.41. The van der Waals surface area contributed by atoms with E-state index in [-0.39, 0.29) is 0 Å². The molecule has 0 N–H and O–H groups in total. The number of amides is 1. The van der Waals surface area contributed by atoms with Gasteiger partial charge in [0.1, 0.15) is 0 Å². The van der Waals surface area contributed by atoms with Crippen LogP contribution in [0.3, 0.4) is 0 Å². The zero-order valence-electron chi connectivity index (χ0n) is 12.3. The van der Waals surface area contributed by atoms with Crippen LogP contribution < -0.4 is 0 Å². The maximum Gasteiger partial charge on any atom is 0.222 e. The summed E-state index contributed by atoms with van der Waals surface area (Å²) in [4.78, 5) is 16.8. The molecular formula is C17H24N2O. The molecule has 0 aliphatic carbocycles. The van der Waals surface area contributed by atoms with Gasteiger partial charge in [0.25, 0.3) is 0 Å². The molecule has 2 aliphatic rings. The number of carbonyl (C=O) groups excluding carboxylic acids is 1. The number of fused-ring (bicyclic) bond motifs is 2. The highest BCUT2D eigenvalue weighted by Gasteiger charge is 2.41. The second kappa shape index (κ2) is 5.96. The Hall–Kier alpha value is -1.35. The third-order valence-corrected chi connectivity index (χ3v) is 4.71. The molecule has 1 amide bonds. The molecule has 2 atom stereocenters. The summed E-state index contributed by atoms with van der Waals surface area (Å²) in [6, 6.07) is 11.6. The van der Waals surface area contributed by atoms with Gasteiger partial charge >= 0.3 is 0 Å². The third kappa shape index (κ3) is 2.73. The molecule has 108 valence electrons. The Kier molecular flexibility index (Phi) is 4.06. The van der Waals surface area contributed by atoms with Crippen LogP contribution in [0.25, 0.3) is 0 Å². The summed E-state index contributed by atoms with van der Waals surface area (Å²) in [5.41, 5.74) is 1.41. The van der Waals surface area contributed by atoms with E-state index in [4.69, 9.17) is 0 Å². The first-order valence-corrected chi connectivity index (χ1v) is 7.85. The summed E-state index contributed by atoms with van der Waals surface area (Å²) < 4.78 is 0. The van der Waals surface area contributed by atoms with E-state index in [0.29, 0.717) is 24.4 Å². The lowest BCUT2D eigenvalue weighted by Crippen LogP contribution is -2.55. The number of hydrogen-bond acceptors (Lipinski definition) is 2. The van der Waals surface area contributed by atoms with E-state index in [1.165, 1.54) is 18.4 Å². The van der Waals surface area contributed by atoms with Crippen LogP contribution in [0.15, 0.2) is 30.3 Å². The van der Waals surface area contributed by atoms with E-state index in [1.54, 1.807) is 0 Å². The van der Waals surface area contributed by atoms with Crippen LogP contribution in [0.2, 0.25) is 0 Å². The van der Waals surface area contributed by atoms with Crippen molar-refractivity contribution in [3.05, 3.63) is 35.9 Å². The number of carbonyl (C=O) groups is 1. The monoisotopic (exact) mass is 272 g/mol. The molecule has 2 heterocycles. The Morgan fingerprint density at radius 2 is 1.80 bits per heavy atom. The fraction of sp³-hybridized carbons (Fsp3) is 0.588. The molecule has 0 saturated carbocycles. The van der Waals surface area contributed by atoms with Crippen molar-refractivity contribution in [1.82, 2.24) is 9.80 Å². The molecule has 0 spiro atoms. The summed E-state index contributed by atoms with van der Waals surface area (Å²) in [5.74, 6) is 0.347. The van der Waals surface area contributed by atoms with E-state index in [2.05, 4.69) is 40.1 Å². The van der Waals surface area contributed by atoms with E-state index < -0.39 is 0 Å². The lowest BCUT2D eigenvalue weighted by molar-refractivity contribution is -0.136. The molecule has 1 aromatic carbocycles. The summed E-state index contributed by atoms with van der Waals surface area (Å²) >= 11 is 0. The Morgan fingerprint density at radius 1 is 1.15 bits per heavy atom. The van der Waals surface area contributed by atoms with Gasteiger partial charge in [-0.15, -0.1) is 0 Å². The number of rotatable bonds is 4. The fourth-order valence-corrected chi connectivity index (χ4v) is 3.69. The van der Waals surface area contributed by atoms with Crippen molar-refractivity contribution in [2.75, 3.05) is 19.6 Å². The molecule has 0 radical (unpaired) electrons. The van der Waals surface area contributed by atoms with Crippen LogP contribution in [-0.2, 0) is 11.2 Å². The zero-order valence-corrected chi connectivity index (χ0v) is 12.3. The van der Waals surface area contributed by atoms with Crippen LogP contribution >= 0.6 is 0 Å². The number of nitrogens with zero attached hydrogens (tertiary/aromatic N) is 2. The minimum atomic E-state index is 0.347. The quantitative estimate of drug-likeness (QED) is 0.840. The first kappa shape index (κ1) is 13.6. The summed E-state index contributed by atoms with van der Waals surface area (Å²) in [6.45, 7) is 5.22. The predicted molar refractivity (Wildman–Crippen MR) is 80.5 cm³/mol. The molecule has 3 rings (SSSR count). The van der Waals surface area contributed by atoms with Gasteiger partial charge in [-0.25, -0.2) is 0 Å². The van der Waals surface area contributed by atoms with Crippen molar-refractivity contribution < 1.29 is 4.79 Å². The van der Waals surface area contributed by atoms with E-state index in [9.17, 15) is 4.79 Å². The largest absolute Gasteiger partial charge is 0.334 e. The standard InChI is InChI=1S/C17H24N2O/c1-2-17(20)19-15-8-9-16(19)13-18(12-15)11-10-14-6-4-3-5-7-14/h3-7,15-16H,2,8-13H2,1H3/t15-,16-/m0/s1. The molecule has 2 saturated heterocycles. The van der Waals surface area contributed by atoms with Crippen LogP contribution in [0.4, 0.5) is 0 Å². The fourth-order valence-electron chi connectivity index (χ4n) is 3.69. The number of benzene rings is 1. The third-order valence-electron chi connectivity index (χ3n) is 4.71. The zero-order chi connectivity index (χ0) is 13.9. The highest BCUT2D eigenvalue weighted by Crippen LogP contribution is 2.30. The minimum absolute atomic E-state index is 0.347. The normalized spacial score (nSPS) is 25.9. The van der Waals surface area contributed by atoms with E-state index in [1.807, 2.05) is 6.92 Å². The SMILES string of the molecule is CCC(=O)N1[C@H]2CC[C@H]1CN(CCc1ccccc1)C2. The van der Waals surface area contributed by atoms with Crippen molar-refractivity contribution >= 4 is 5.91 Å². The number of piperazine rings is 1. The molecule has 2 fully saturated rings. The average molecular weight is 272 g/mol. The second-order valence-corrected chi connectivity index (χ2v) is 6.03. The Bertz CT molecular complexity index is 445. The van der Waals surface area contributed by atoms with Crippen molar-refractivity contribution in [2.45, 2.75) is 44.7 Å². The number of likely N-dealkylation sites (tertiary alicyclic amines) is 1. The summed E-state index contributed by atoms with van der Waals surface area (Å²) in [6.07, 6.45) is 4.15. The summed E-state index contributed by atoms with van der Waals surface area (Å²) in [5, 5.41) is 0. The van der Waals surface area contributed by atoms with Crippen molar-refractivity contribution in [3.8, 4) is 0 Å². The van der Waals surface area contributed by atoms with E-state index in [0.717, 1.165) is 26.1 Å². The molecule has 3 heteroatoms. The number of hydrogen-bond donors (Lipinski definition) is 0. The van der Waals surface area contributed by atoms with Crippen LogP contribution in [0.5, 0.6) is 0 Å². The molecule has 2 aliphatic heterocycles. The van der Waals surface area contributed by atoms with Gasteiger partial charge in [-0.3, -0.25) is 9.69 Å². The molecule has 0 unspecified atom stereocenters.